The van der Waals surface area contributed by atoms with Gasteiger partial charge in [-0.05, 0) is 54.4 Å². The Morgan fingerprint density at radius 2 is 1.58 bits per heavy atom. The fourth-order valence-corrected chi connectivity index (χ4v) is 6.56. The first kappa shape index (κ1) is 22.7. The fraction of sp³-hybridized carbons (Fsp3) is 0.217. The molecule has 0 spiro atoms. The molecule has 4 aromatic rings. The predicted octanol–water partition coefficient (Wildman–Crippen LogP) is 5.14. The molecule has 6 nitrogen and oxygen atoms in total. The lowest BCUT2D eigenvalue weighted by Gasteiger charge is -2.50. The summed E-state index contributed by atoms with van der Waals surface area (Å²) in [7, 11) is -3.75. The van der Waals surface area contributed by atoms with Crippen molar-refractivity contribution in [3.05, 3.63) is 87.9 Å². The smallest absolute Gasteiger partial charge is 0.243 e. The van der Waals surface area contributed by atoms with Crippen molar-refractivity contribution in [1.29, 1.82) is 0 Å². The summed E-state index contributed by atoms with van der Waals surface area (Å²) in [4.78, 5) is 2.43. The highest BCUT2D eigenvalue weighted by atomic mass is 35.5. The number of benzene rings is 3. The molecular formula is C23H20Cl2N4O2S2. The maximum absolute atomic E-state index is 13.2. The molecular weight excluding hydrogens is 499 g/mol. The third-order valence-corrected chi connectivity index (χ3v) is 8.63. The summed E-state index contributed by atoms with van der Waals surface area (Å²) in [5.41, 5.74) is 3.14. The zero-order valence-corrected chi connectivity index (χ0v) is 20.7. The van der Waals surface area contributed by atoms with Crippen molar-refractivity contribution in [2.45, 2.75) is 29.9 Å². The Kier molecular flexibility index (Phi) is 6.15. The first-order valence-corrected chi connectivity index (χ1v) is 13.3. The maximum atomic E-state index is 13.2. The van der Waals surface area contributed by atoms with Crippen LogP contribution in [0.1, 0.15) is 24.1 Å². The van der Waals surface area contributed by atoms with Gasteiger partial charge >= 0.3 is 0 Å². The lowest BCUT2D eigenvalue weighted by atomic mass is 9.89. The van der Waals surface area contributed by atoms with Gasteiger partial charge in [-0.2, -0.15) is 8.75 Å². The van der Waals surface area contributed by atoms with Crippen molar-refractivity contribution in [2.24, 2.45) is 0 Å². The molecule has 1 aliphatic heterocycles. The van der Waals surface area contributed by atoms with Crippen LogP contribution in [-0.4, -0.2) is 40.7 Å². The summed E-state index contributed by atoms with van der Waals surface area (Å²) >= 11 is 13.2. The van der Waals surface area contributed by atoms with E-state index >= 15 is 0 Å². The van der Waals surface area contributed by atoms with Crippen molar-refractivity contribution in [2.75, 3.05) is 6.54 Å². The van der Waals surface area contributed by atoms with Crippen molar-refractivity contribution >= 4 is 56.0 Å². The largest absolute Gasteiger partial charge is 0.286 e. The number of likely N-dealkylation sites (tertiary alicyclic amines) is 1. The lowest BCUT2D eigenvalue weighted by Crippen LogP contribution is -2.66. The number of fused-ring (bicyclic) bond motifs is 1. The van der Waals surface area contributed by atoms with Crippen LogP contribution in [0.15, 0.2) is 71.6 Å². The molecule has 1 aromatic heterocycles. The van der Waals surface area contributed by atoms with E-state index in [0.717, 1.165) is 22.9 Å². The van der Waals surface area contributed by atoms with Gasteiger partial charge in [0.05, 0.1) is 23.8 Å². The Bertz CT molecular complexity index is 1350. The Labute approximate surface area is 206 Å². The molecule has 0 saturated carbocycles. The van der Waals surface area contributed by atoms with Crippen molar-refractivity contribution < 1.29 is 8.42 Å². The number of rotatable bonds is 6. The highest BCUT2D eigenvalue weighted by Crippen LogP contribution is 2.37. The summed E-state index contributed by atoms with van der Waals surface area (Å²) in [5, 5.41) is 1.34. The van der Waals surface area contributed by atoms with E-state index in [-0.39, 0.29) is 23.0 Å². The van der Waals surface area contributed by atoms with Crippen LogP contribution in [0.5, 0.6) is 0 Å². The molecule has 0 radical (unpaired) electrons. The minimum absolute atomic E-state index is 0.0381. The van der Waals surface area contributed by atoms with Crippen LogP contribution < -0.4 is 4.72 Å². The van der Waals surface area contributed by atoms with E-state index < -0.39 is 10.0 Å². The van der Waals surface area contributed by atoms with Crippen LogP contribution in [0.3, 0.4) is 0 Å². The average Bonchev–Trinajstić information content (AvgIpc) is 3.29. The molecule has 0 amide bonds. The van der Waals surface area contributed by atoms with Crippen LogP contribution in [0, 0.1) is 0 Å². The first-order valence-electron chi connectivity index (χ1n) is 10.3. The fourth-order valence-electron chi connectivity index (χ4n) is 4.24. The molecule has 2 heterocycles. The molecule has 1 saturated heterocycles. The van der Waals surface area contributed by atoms with Gasteiger partial charge in [0.2, 0.25) is 10.0 Å². The molecule has 170 valence electrons. The molecule has 1 N–H and O–H groups in total. The van der Waals surface area contributed by atoms with Gasteiger partial charge in [0.1, 0.15) is 15.9 Å². The van der Waals surface area contributed by atoms with Gasteiger partial charge in [0.25, 0.3) is 0 Å². The Morgan fingerprint density at radius 1 is 0.970 bits per heavy atom. The van der Waals surface area contributed by atoms with Crippen LogP contribution in [0.4, 0.5) is 0 Å². The standard InChI is InChI=1S/C23H20Cl2N4O2S2/c1-14-20(28-33(30,31)21-4-2-3-19-22(21)27-32-26-19)13-29(14)23(15-5-9-17(24)10-6-15)16-7-11-18(25)12-8-16/h2-12,14,20,23,28H,13H2,1H3/t14-,20+/m0/s1. The van der Waals surface area contributed by atoms with Gasteiger partial charge in [0, 0.05) is 22.6 Å². The molecule has 0 bridgehead atoms. The number of sulfonamides is 1. The van der Waals surface area contributed by atoms with Gasteiger partial charge < -0.3 is 0 Å². The van der Waals surface area contributed by atoms with E-state index in [4.69, 9.17) is 23.2 Å². The number of hydrogen-bond donors (Lipinski definition) is 1. The van der Waals surface area contributed by atoms with Gasteiger partial charge in [-0.25, -0.2) is 13.1 Å². The molecule has 3 aromatic carbocycles. The second-order valence-corrected chi connectivity index (χ2v) is 11.1. The minimum Gasteiger partial charge on any atom is -0.286 e. The highest BCUT2D eigenvalue weighted by molar-refractivity contribution is 7.89. The molecule has 0 aliphatic carbocycles. The summed E-state index contributed by atoms with van der Waals surface area (Å²) < 4.78 is 37.5. The normalized spacial score (nSPS) is 19.2. The van der Waals surface area contributed by atoms with E-state index in [1.54, 1.807) is 18.2 Å². The van der Waals surface area contributed by atoms with Crippen LogP contribution in [0.2, 0.25) is 10.0 Å². The molecule has 1 fully saturated rings. The zero-order valence-electron chi connectivity index (χ0n) is 17.5. The molecule has 2 atom stereocenters. The SMILES string of the molecule is C[C@H]1[C@H](NS(=O)(=O)c2cccc3nsnc23)CN1C(c1ccc(Cl)cc1)c1ccc(Cl)cc1. The first-order chi connectivity index (χ1) is 15.8. The molecule has 1 aliphatic rings. The molecule has 5 rings (SSSR count). The van der Waals surface area contributed by atoms with Crippen LogP contribution in [-0.2, 0) is 10.0 Å². The summed E-state index contributed by atoms with van der Waals surface area (Å²) in [6.45, 7) is 2.59. The van der Waals surface area contributed by atoms with Crippen molar-refractivity contribution in [3.63, 3.8) is 0 Å². The van der Waals surface area contributed by atoms with Crippen LogP contribution >= 0.6 is 34.9 Å². The monoisotopic (exact) mass is 518 g/mol. The predicted molar refractivity (Wildman–Crippen MR) is 132 cm³/mol. The third kappa shape index (κ3) is 4.39. The molecule has 0 unspecified atom stereocenters. The third-order valence-electron chi connectivity index (χ3n) is 6.06. The molecule has 33 heavy (non-hydrogen) atoms. The number of nitrogens with one attached hydrogen (secondary N) is 1. The van der Waals surface area contributed by atoms with Gasteiger partial charge in [-0.3, -0.25) is 4.90 Å². The quantitative estimate of drug-likeness (QED) is 0.382. The van der Waals surface area contributed by atoms with E-state index in [9.17, 15) is 8.42 Å². The van der Waals surface area contributed by atoms with Crippen molar-refractivity contribution in [3.8, 4) is 0 Å². The summed E-state index contributed by atoms with van der Waals surface area (Å²) in [5.74, 6) is 0. The van der Waals surface area contributed by atoms with Gasteiger partial charge in [-0.1, -0.05) is 53.5 Å². The average molecular weight is 519 g/mol. The zero-order chi connectivity index (χ0) is 23.2. The molecule has 10 heteroatoms. The number of hydrogen-bond acceptors (Lipinski definition) is 6. The van der Waals surface area contributed by atoms with Crippen LogP contribution in [0.25, 0.3) is 11.0 Å². The van der Waals surface area contributed by atoms with Gasteiger partial charge in [-0.15, -0.1) is 0 Å². The van der Waals surface area contributed by atoms with E-state index in [1.165, 1.54) is 0 Å². The van der Waals surface area contributed by atoms with E-state index in [2.05, 4.69) is 18.4 Å². The Morgan fingerprint density at radius 3 is 2.15 bits per heavy atom. The number of aromatic nitrogens is 2. The second-order valence-electron chi connectivity index (χ2n) is 8.06. The van der Waals surface area contributed by atoms with E-state index in [1.807, 2.05) is 55.5 Å². The van der Waals surface area contributed by atoms with E-state index in [0.29, 0.717) is 27.6 Å². The Balaban J connectivity index is 1.40. The number of nitrogens with zero attached hydrogens (tertiary/aromatic N) is 3. The summed E-state index contributed by atoms with van der Waals surface area (Å²) in [6, 6.07) is 20.2. The highest BCUT2D eigenvalue weighted by Gasteiger charge is 2.43. The maximum Gasteiger partial charge on any atom is 0.243 e. The topological polar surface area (TPSA) is 75.2 Å². The summed E-state index contributed by atoms with van der Waals surface area (Å²) in [6.07, 6.45) is 0. The number of halogens is 2. The van der Waals surface area contributed by atoms with Crippen molar-refractivity contribution in [1.82, 2.24) is 18.4 Å². The lowest BCUT2D eigenvalue weighted by molar-refractivity contribution is 0.0370. The Hall–Kier alpha value is -2.07. The van der Waals surface area contributed by atoms with Gasteiger partial charge in [0.15, 0.2) is 0 Å². The minimum atomic E-state index is -3.75. The second kappa shape index (κ2) is 8.94.